The van der Waals surface area contributed by atoms with Crippen LogP contribution in [0.3, 0.4) is 0 Å². The zero-order chi connectivity index (χ0) is 13.4. The minimum Gasteiger partial charge on any atom is -0.481 e. The number of benzene rings is 1. The molecule has 0 aliphatic rings. The molecule has 0 fully saturated rings. The second-order valence-corrected chi connectivity index (χ2v) is 3.75. The first kappa shape index (κ1) is 14.0. The van der Waals surface area contributed by atoms with Crippen molar-refractivity contribution in [3.63, 3.8) is 0 Å². The van der Waals surface area contributed by atoms with Crippen molar-refractivity contribution >= 4 is 17.7 Å². The van der Waals surface area contributed by atoms with Crippen molar-refractivity contribution in [1.82, 2.24) is 5.32 Å². The molecule has 98 valence electrons. The number of carboxylic acids is 1. The SMILES string of the molecule is NCCCNC(=O)Nc1ccccc1CC(=O)O. The number of nitrogens with one attached hydrogen (secondary N) is 2. The van der Waals surface area contributed by atoms with Gasteiger partial charge in [0, 0.05) is 12.2 Å². The normalized spacial score (nSPS) is 9.83. The predicted molar refractivity (Wildman–Crippen MR) is 68.5 cm³/mol. The number of hydrogen-bond donors (Lipinski definition) is 4. The summed E-state index contributed by atoms with van der Waals surface area (Å²) < 4.78 is 0. The number of carboxylic acid groups (broad SMARTS) is 1. The van der Waals surface area contributed by atoms with Gasteiger partial charge in [0.1, 0.15) is 0 Å². The van der Waals surface area contributed by atoms with Crippen LogP contribution in [0, 0.1) is 0 Å². The second-order valence-electron chi connectivity index (χ2n) is 3.75. The van der Waals surface area contributed by atoms with E-state index in [2.05, 4.69) is 10.6 Å². The van der Waals surface area contributed by atoms with Gasteiger partial charge in [-0.3, -0.25) is 4.79 Å². The number of anilines is 1. The van der Waals surface area contributed by atoms with Gasteiger partial charge in [-0.25, -0.2) is 4.79 Å². The molecule has 0 aromatic heterocycles. The molecule has 1 aromatic rings. The van der Waals surface area contributed by atoms with Crippen LogP contribution in [0.1, 0.15) is 12.0 Å². The summed E-state index contributed by atoms with van der Waals surface area (Å²) in [5, 5.41) is 14.0. The van der Waals surface area contributed by atoms with Gasteiger partial charge in [-0.2, -0.15) is 0 Å². The van der Waals surface area contributed by atoms with Crippen LogP contribution in [0.15, 0.2) is 24.3 Å². The number of para-hydroxylation sites is 1. The Bertz CT molecular complexity index is 421. The Morgan fingerprint density at radius 3 is 2.67 bits per heavy atom. The smallest absolute Gasteiger partial charge is 0.319 e. The highest BCUT2D eigenvalue weighted by atomic mass is 16.4. The molecule has 0 saturated carbocycles. The van der Waals surface area contributed by atoms with E-state index in [0.29, 0.717) is 30.8 Å². The Morgan fingerprint density at radius 1 is 1.28 bits per heavy atom. The summed E-state index contributed by atoms with van der Waals surface area (Å²) in [7, 11) is 0. The first-order chi connectivity index (χ1) is 8.63. The van der Waals surface area contributed by atoms with Crippen LogP contribution in [0.4, 0.5) is 10.5 Å². The Labute approximate surface area is 105 Å². The molecule has 0 radical (unpaired) electrons. The number of aliphatic carboxylic acids is 1. The molecule has 0 spiro atoms. The molecule has 0 aliphatic carbocycles. The Hall–Kier alpha value is -2.08. The van der Waals surface area contributed by atoms with Gasteiger partial charge >= 0.3 is 12.0 Å². The third kappa shape index (κ3) is 4.84. The van der Waals surface area contributed by atoms with Gasteiger partial charge in [-0.05, 0) is 24.6 Å². The largest absolute Gasteiger partial charge is 0.481 e. The topological polar surface area (TPSA) is 104 Å². The summed E-state index contributed by atoms with van der Waals surface area (Å²) >= 11 is 0. The lowest BCUT2D eigenvalue weighted by atomic mass is 10.1. The maximum atomic E-state index is 11.5. The molecule has 0 heterocycles. The molecular weight excluding hydrogens is 234 g/mol. The number of urea groups is 1. The predicted octanol–water partition coefficient (Wildman–Crippen LogP) is 0.784. The number of rotatable bonds is 6. The molecule has 1 rings (SSSR count). The molecule has 6 nitrogen and oxygen atoms in total. The first-order valence-electron chi connectivity index (χ1n) is 5.68. The van der Waals surface area contributed by atoms with Crippen LogP contribution in [0.2, 0.25) is 0 Å². The molecule has 2 amide bonds. The van der Waals surface area contributed by atoms with E-state index in [4.69, 9.17) is 10.8 Å². The Balaban J connectivity index is 2.60. The minimum atomic E-state index is -0.937. The minimum absolute atomic E-state index is 0.126. The molecule has 0 unspecified atom stereocenters. The quantitative estimate of drug-likeness (QED) is 0.561. The summed E-state index contributed by atoms with van der Waals surface area (Å²) in [6, 6.07) is 6.45. The first-order valence-corrected chi connectivity index (χ1v) is 5.68. The van der Waals surface area contributed by atoms with Gasteiger partial charge < -0.3 is 21.5 Å². The lowest BCUT2D eigenvalue weighted by Gasteiger charge is -2.10. The maximum Gasteiger partial charge on any atom is 0.319 e. The van der Waals surface area contributed by atoms with Crippen molar-refractivity contribution in [2.75, 3.05) is 18.4 Å². The molecule has 0 saturated heterocycles. The standard InChI is InChI=1S/C12H17N3O3/c13-6-3-7-14-12(18)15-10-5-2-1-4-9(10)8-11(16)17/h1-2,4-5H,3,6-8,13H2,(H,16,17)(H2,14,15,18). The van der Waals surface area contributed by atoms with Crippen molar-refractivity contribution in [2.45, 2.75) is 12.8 Å². The third-order valence-corrected chi connectivity index (χ3v) is 2.27. The Morgan fingerprint density at radius 2 is 2.00 bits per heavy atom. The van der Waals surface area contributed by atoms with Gasteiger partial charge in [0.2, 0.25) is 0 Å². The lowest BCUT2D eigenvalue weighted by Crippen LogP contribution is -2.30. The number of carbonyl (C=O) groups excluding carboxylic acids is 1. The number of hydrogen-bond acceptors (Lipinski definition) is 3. The summed E-state index contributed by atoms with van der Waals surface area (Å²) in [4.78, 5) is 22.2. The van der Waals surface area contributed by atoms with Gasteiger partial charge in [0.25, 0.3) is 0 Å². The van der Waals surface area contributed by atoms with E-state index in [0.717, 1.165) is 0 Å². The maximum absolute atomic E-state index is 11.5. The van der Waals surface area contributed by atoms with Crippen LogP contribution >= 0.6 is 0 Å². The molecule has 1 aromatic carbocycles. The fourth-order valence-electron chi connectivity index (χ4n) is 1.43. The van der Waals surface area contributed by atoms with Crippen molar-refractivity contribution in [1.29, 1.82) is 0 Å². The van der Waals surface area contributed by atoms with Crippen LogP contribution in [0.5, 0.6) is 0 Å². The van der Waals surface area contributed by atoms with Gasteiger partial charge in [-0.15, -0.1) is 0 Å². The van der Waals surface area contributed by atoms with E-state index in [9.17, 15) is 9.59 Å². The third-order valence-electron chi connectivity index (χ3n) is 2.27. The van der Waals surface area contributed by atoms with Crippen LogP contribution in [-0.4, -0.2) is 30.2 Å². The van der Waals surface area contributed by atoms with E-state index < -0.39 is 5.97 Å². The van der Waals surface area contributed by atoms with E-state index in [1.807, 2.05) is 0 Å². The number of nitrogens with two attached hydrogens (primary N) is 1. The molecule has 0 aliphatic heterocycles. The average molecular weight is 251 g/mol. The zero-order valence-electron chi connectivity index (χ0n) is 9.98. The Kier molecular flexibility index (Phi) is 5.66. The molecule has 5 N–H and O–H groups in total. The van der Waals surface area contributed by atoms with E-state index in [1.54, 1.807) is 24.3 Å². The fourth-order valence-corrected chi connectivity index (χ4v) is 1.43. The molecule has 0 bridgehead atoms. The lowest BCUT2D eigenvalue weighted by molar-refractivity contribution is -0.136. The monoisotopic (exact) mass is 251 g/mol. The number of carbonyl (C=O) groups is 2. The number of amides is 2. The van der Waals surface area contributed by atoms with Crippen LogP contribution in [0.25, 0.3) is 0 Å². The highest BCUT2D eigenvalue weighted by Gasteiger charge is 2.08. The van der Waals surface area contributed by atoms with Crippen molar-refractivity contribution < 1.29 is 14.7 Å². The second kappa shape index (κ2) is 7.29. The summed E-state index contributed by atoms with van der Waals surface area (Å²) in [6.07, 6.45) is 0.573. The molecule has 0 atom stereocenters. The zero-order valence-corrected chi connectivity index (χ0v) is 9.98. The summed E-state index contributed by atoms with van der Waals surface area (Å²) in [5.41, 5.74) is 6.38. The fraction of sp³-hybridized carbons (Fsp3) is 0.333. The van der Waals surface area contributed by atoms with Gasteiger partial charge in [0.05, 0.1) is 6.42 Å². The van der Waals surface area contributed by atoms with E-state index in [1.165, 1.54) is 0 Å². The molecular formula is C12H17N3O3. The molecule has 6 heteroatoms. The van der Waals surface area contributed by atoms with Gasteiger partial charge in [-0.1, -0.05) is 18.2 Å². The highest BCUT2D eigenvalue weighted by molar-refractivity contribution is 5.90. The van der Waals surface area contributed by atoms with Crippen LogP contribution in [-0.2, 0) is 11.2 Å². The van der Waals surface area contributed by atoms with Gasteiger partial charge in [0.15, 0.2) is 0 Å². The highest BCUT2D eigenvalue weighted by Crippen LogP contribution is 2.15. The summed E-state index contributed by atoms with van der Waals surface area (Å²) in [5.74, 6) is -0.937. The van der Waals surface area contributed by atoms with Crippen molar-refractivity contribution in [2.24, 2.45) is 5.73 Å². The van der Waals surface area contributed by atoms with Crippen molar-refractivity contribution in [3.8, 4) is 0 Å². The van der Waals surface area contributed by atoms with E-state index >= 15 is 0 Å². The average Bonchev–Trinajstić information content (AvgIpc) is 2.31. The molecule has 18 heavy (non-hydrogen) atoms. The summed E-state index contributed by atoms with van der Waals surface area (Å²) in [6.45, 7) is 0.999. The van der Waals surface area contributed by atoms with Crippen molar-refractivity contribution in [3.05, 3.63) is 29.8 Å². The van der Waals surface area contributed by atoms with Crippen LogP contribution < -0.4 is 16.4 Å². The van der Waals surface area contributed by atoms with E-state index in [-0.39, 0.29) is 12.5 Å².